The number of rotatable bonds is 9. The van der Waals surface area contributed by atoms with Crippen molar-refractivity contribution < 1.29 is 9.59 Å². The van der Waals surface area contributed by atoms with Crippen LogP contribution in [0.3, 0.4) is 0 Å². The van der Waals surface area contributed by atoms with Crippen LogP contribution in [0.2, 0.25) is 0 Å². The first-order valence-electron chi connectivity index (χ1n) is 6.62. The van der Waals surface area contributed by atoms with Gasteiger partial charge >= 0.3 is 0 Å². The lowest BCUT2D eigenvalue weighted by molar-refractivity contribution is -0.123. The molecule has 17 heavy (non-hydrogen) atoms. The Morgan fingerprint density at radius 1 is 1.18 bits per heavy atom. The van der Waals surface area contributed by atoms with Gasteiger partial charge in [-0.3, -0.25) is 4.79 Å². The Bertz CT molecular complexity index is 277. The molecule has 0 aromatic carbocycles. The highest BCUT2D eigenvalue weighted by Gasteiger charge is 2.09. The van der Waals surface area contributed by atoms with E-state index in [-0.39, 0.29) is 11.6 Å². The summed E-state index contributed by atoms with van der Waals surface area (Å²) in [6, 6.07) is 0. The lowest BCUT2D eigenvalue weighted by atomic mass is 9.96. The van der Waals surface area contributed by atoms with Crippen LogP contribution in [0.1, 0.15) is 66.2 Å². The minimum Gasteiger partial charge on any atom is -0.300 e. The standard InChI is InChI=1S/C15H26O2/c1-5-12(2)7-6-8-13(3)11-15(17)10-9-14(4)16/h7,13H,5-6,8-11H2,1-4H3. The van der Waals surface area contributed by atoms with Gasteiger partial charge in [-0.2, -0.15) is 0 Å². The number of Topliss-reactive ketones (excluding diaryl/α,β-unsaturated/α-hetero) is 2. The molecular weight excluding hydrogens is 212 g/mol. The molecule has 0 saturated heterocycles. The molecular formula is C15H26O2. The average Bonchev–Trinajstić information content (AvgIpc) is 2.26. The Kier molecular flexibility index (Phi) is 8.65. The minimum atomic E-state index is 0.104. The number of carbonyl (C=O) groups excluding carboxylic acids is 2. The van der Waals surface area contributed by atoms with Gasteiger partial charge < -0.3 is 4.79 Å². The second-order valence-electron chi connectivity index (χ2n) is 5.03. The summed E-state index contributed by atoms with van der Waals surface area (Å²) in [4.78, 5) is 22.3. The second kappa shape index (κ2) is 9.15. The van der Waals surface area contributed by atoms with Crippen molar-refractivity contribution in [3.05, 3.63) is 11.6 Å². The van der Waals surface area contributed by atoms with Crippen LogP contribution in [-0.4, -0.2) is 11.6 Å². The average molecular weight is 238 g/mol. The molecule has 0 fully saturated rings. The van der Waals surface area contributed by atoms with Crippen molar-refractivity contribution in [1.29, 1.82) is 0 Å². The van der Waals surface area contributed by atoms with Crippen molar-refractivity contribution >= 4 is 11.6 Å². The monoisotopic (exact) mass is 238 g/mol. The van der Waals surface area contributed by atoms with Crippen molar-refractivity contribution in [2.24, 2.45) is 5.92 Å². The molecule has 1 unspecified atom stereocenters. The Morgan fingerprint density at radius 3 is 2.35 bits per heavy atom. The van der Waals surface area contributed by atoms with E-state index in [9.17, 15) is 9.59 Å². The summed E-state index contributed by atoms with van der Waals surface area (Å²) in [5, 5.41) is 0. The number of allylic oxidation sites excluding steroid dienone is 2. The van der Waals surface area contributed by atoms with Crippen molar-refractivity contribution in [2.75, 3.05) is 0 Å². The molecule has 0 aromatic rings. The summed E-state index contributed by atoms with van der Waals surface area (Å²) in [6.07, 6.45) is 6.92. The maximum absolute atomic E-state index is 11.5. The van der Waals surface area contributed by atoms with Gasteiger partial charge in [0.15, 0.2) is 0 Å². The topological polar surface area (TPSA) is 34.1 Å². The first-order chi connectivity index (χ1) is 7.95. The summed E-state index contributed by atoms with van der Waals surface area (Å²) >= 11 is 0. The number of hydrogen-bond acceptors (Lipinski definition) is 2. The van der Waals surface area contributed by atoms with Gasteiger partial charge in [0, 0.05) is 19.3 Å². The molecule has 0 saturated carbocycles. The molecule has 0 radical (unpaired) electrons. The van der Waals surface area contributed by atoms with E-state index < -0.39 is 0 Å². The third kappa shape index (κ3) is 9.98. The molecule has 0 aromatic heterocycles. The van der Waals surface area contributed by atoms with E-state index in [1.54, 1.807) is 0 Å². The van der Waals surface area contributed by atoms with Crippen LogP contribution in [0.5, 0.6) is 0 Å². The van der Waals surface area contributed by atoms with Crippen molar-refractivity contribution in [2.45, 2.75) is 66.2 Å². The van der Waals surface area contributed by atoms with Crippen molar-refractivity contribution in [3.63, 3.8) is 0 Å². The molecule has 0 aliphatic heterocycles. The first kappa shape index (κ1) is 16.1. The quantitative estimate of drug-likeness (QED) is 0.567. The van der Waals surface area contributed by atoms with Crippen LogP contribution < -0.4 is 0 Å². The molecule has 0 aliphatic carbocycles. The predicted octanol–water partition coefficient (Wildman–Crippen LogP) is 4.09. The summed E-state index contributed by atoms with van der Waals surface area (Å²) in [5.41, 5.74) is 1.42. The Morgan fingerprint density at radius 2 is 1.82 bits per heavy atom. The molecule has 0 amide bonds. The first-order valence-corrected chi connectivity index (χ1v) is 6.62. The highest BCUT2D eigenvalue weighted by Crippen LogP contribution is 2.14. The van der Waals surface area contributed by atoms with E-state index in [1.165, 1.54) is 12.5 Å². The summed E-state index contributed by atoms with van der Waals surface area (Å²) in [5.74, 6) is 0.756. The number of ketones is 2. The van der Waals surface area contributed by atoms with Gasteiger partial charge in [0.05, 0.1) is 0 Å². The fourth-order valence-electron chi connectivity index (χ4n) is 1.67. The van der Waals surface area contributed by atoms with Crippen LogP contribution >= 0.6 is 0 Å². The Hall–Kier alpha value is -0.920. The molecule has 0 rings (SSSR count). The maximum Gasteiger partial charge on any atom is 0.133 e. The second-order valence-corrected chi connectivity index (χ2v) is 5.03. The van der Waals surface area contributed by atoms with Crippen LogP contribution in [0.15, 0.2) is 11.6 Å². The van der Waals surface area contributed by atoms with Crippen LogP contribution in [-0.2, 0) is 9.59 Å². The molecule has 0 bridgehead atoms. The van der Waals surface area contributed by atoms with E-state index >= 15 is 0 Å². The largest absolute Gasteiger partial charge is 0.300 e. The van der Waals surface area contributed by atoms with E-state index in [0.29, 0.717) is 25.2 Å². The zero-order valence-electron chi connectivity index (χ0n) is 11.7. The van der Waals surface area contributed by atoms with Crippen LogP contribution in [0.25, 0.3) is 0 Å². The molecule has 2 nitrogen and oxygen atoms in total. The lowest BCUT2D eigenvalue weighted by Gasteiger charge is -2.08. The maximum atomic E-state index is 11.5. The summed E-state index contributed by atoms with van der Waals surface area (Å²) in [6.45, 7) is 7.94. The SMILES string of the molecule is CCC(C)=CCCC(C)CC(=O)CCC(C)=O. The third-order valence-corrected chi connectivity index (χ3v) is 3.04. The lowest BCUT2D eigenvalue weighted by Crippen LogP contribution is -2.07. The number of carbonyl (C=O) groups is 2. The van der Waals surface area contributed by atoms with Crippen LogP contribution in [0.4, 0.5) is 0 Å². The van der Waals surface area contributed by atoms with E-state index in [4.69, 9.17) is 0 Å². The molecule has 0 heterocycles. The van der Waals surface area contributed by atoms with E-state index in [1.807, 2.05) is 0 Å². The van der Waals surface area contributed by atoms with Gasteiger partial charge in [-0.1, -0.05) is 25.5 Å². The molecule has 0 aliphatic rings. The fourth-order valence-corrected chi connectivity index (χ4v) is 1.67. The molecule has 1 atom stereocenters. The van der Waals surface area contributed by atoms with Gasteiger partial charge in [-0.05, 0) is 39.0 Å². The molecule has 2 heteroatoms. The smallest absolute Gasteiger partial charge is 0.133 e. The zero-order valence-corrected chi connectivity index (χ0v) is 11.7. The highest BCUT2D eigenvalue weighted by molar-refractivity contribution is 5.84. The molecule has 0 N–H and O–H groups in total. The zero-order chi connectivity index (χ0) is 13.3. The molecule has 0 spiro atoms. The normalized spacial score (nSPS) is 13.5. The highest BCUT2D eigenvalue weighted by atomic mass is 16.1. The Balaban J connectivity index is 3.74. The van der Waals surface area contributed by atoms with Crippen molar-refractivity contribution in [3.8, 4) is 0 Å². The molecule has 98 valence electrons. The Labute approximate surface area is 105 Å². The minimum absolute atomic E-state index is 0.104. The fraction of sp³-hybridized carbons (Fsp3) is 0.733. The van der Waals surface area contributed by atoms with Gasteiger partial charge in [0.1, 0.15) is 11.6 Å². The van der Waals surface area contributed by atoms with Gasteiger partial charge in [0.25, 0.3) is 0 Å². The van der Waals surface area contributed by atoms with Gasteiger partial charge in [0.2, 0.25) is 0 Å². The van der Waals surface area contributed by atoms with Gasteiger partial charge in [-0.25, -0.2) is 0 Å². The van der Waals surface area contributed by atoms with Gasteiger partial charge in [-0.15, -0.1) is 0 Å². The third-order valence-electron chi connectivity index (χ3n) is 3.04. The summed E-state index contributed by atoms with van der Waals surface area (Å²) in [7, 11) is 0. The van der Waals surface area contributed by atoms with E-state index in [0.717, 1.165) is 19.3 Å². The summed E-state index contributed by atoms with van der Waals surface area (Å²) < 4.78 is 0. The number of hydrogen-bond donors (Lipinski definition) is 0. The van der Waals surface area contributed by atoms with Crippen LogP contribution in [0, 0.1) is 5.92 Å². The predicted molar refractivity (Wildman–Crippen MR) is 72.0 cm³/mol. The van der Waals surface area contributed by atoms with Crippen molar-refractivity contribution in [1.82, 2.24) is 0 Å². The van der Waals surface area contributed by atoms with E-state index in [2.05, 4.69) is 26.8 Å².